The van der Waals surface area contributed by atoms with Crippen LogP contribution in [0.5, 0.6) is 0 Å². The summed E-state index contributed by atoms with van der Waals surface area (Å²) in [6, 6.07) is 5.50. The van der Waals surface area contributed by atoms with Gasteiger partial charge in [-0.1, -0.05) is 18.7 Å². The quantitative estimate of drug-likeness (QED) is 0.560. The fourth-order valence-electron chi connectivity index (χ4n) is 1.01. The predicted molar refractivity (Wildman–Crippen MR) is 55.2 cm³/mol. The summed E-state index contributed by atoms with van der Waals surface area (Å²) in [5, 5.41) is 9.08. The topological polar surface area (TPSA) is 53.8 Å². The molecule has 4 heteroatoms. The molecule has 1 rings (SSSR count). The van der Waals surface area contributed by atoms with E-state index in [2.05, 4.69) is 4.98 Å². The third-order valence-corrected chi connectivity index (χ3v) is 2.54. The van der Waals surface area contributed by atoms with Crippen LogP contribution in [-0.4, -0.2) is 16.5 Å². The van der Waals surface area contributed by atoms with E-state index < -0.39 is 0 Å². The zero-order valence-corrected chi connectivity index (χ0v) is 8.67. The van der Waals surface area contributed by atoms with Crippen molar-refractivity contribution in [3.8, 4) is 6.07 Å². The van der Waals surface area contributed by atoms with Crippen LogP contribution in [0.4, 0.5) is 0 Å². The summed E-state index contributed by atoms with van der Waals surface area (Å²) in [4.78, 5) is 15.5. The van der Waals surface area contributed by atoms with Crippen LogP contribution in [0.15, 0.2) is 23.4 Å². The molecule has 1 heterocycles. The summed E-state index contributed by atoms with van der Waals surface area (Å²) in [5.41, 5.74) is 0.621. The Morgan fingerprint density at radius 3 is 3.14 bits per heavy atom. The van der Waals surface area contributed by atoms with Gasteiger partial charge in [0.15, 0.2) is 5.78 Å². The van der Waals surface area contributed by atoms with Crippen LogP contribution in [0.1, 0.15) is 23.7 Å². The predicted octanol–water partition coefficient (Wildman–Crippen LogP) is 2.29. The number of aromatic nitrogens is 1. The van der Waals surface area contributed by atoms with Crippen LogP contribution >= 0.6 is 11.8 Å². The van der Waals surface area contributed by atoms with Crippen molar-refractivity contribution in [1.82, 2.24) is 4.98 Å². The van der Waals surface area contributed by atoms with Crippen molar-refractivity contribution in [3.05, 3.63) is 23.9 Å². The average molecular weight is 206 g/mol. The molecule has 72 valence electrons. The number of nitriles is 1. The van der Waals surface area contributed by atoms with Gasteiger partial charge in [-0.05, 0) is 12.1 Å². The summed E-state index contributed by atoms with van der Waals surface area (Å²) in [6.45, 7) is 1.81. The van der Waals surface area contributed by atoms with Gasteiger partial charge < -0.3 is 0 Å². The lowest BCUT2D eigenvalue weighted by atomic mass is 10.1. The summed E-state index contributed by atoms with van der Waals surface area (Å²) in [6.07, 6.45) is 2.10. The Morgan fingerprint density at radius 2 is 2.50 bits per heavy atom. The van der Waals surface area contributed by atoms with Crippen molar-refractivity contribution < 1.29 is 4.79 Å². The lowest BCUT2D eigenvalue weighted by Gasteiger charge is -2.03. The second kappa shape index (κ2) is 5.40. The minimum Gasteiger partial charge on any atom is -0.294 e. The van der Waals surface area contributed by atoms with Crippen molar-refractivity contribution in [2.75, 3.05) is 5.75 Å². The Kier molecular flexibility index (Phi) is 4.14. The highest BCUT2D eigenvalue weighted by molar-refractivity contribution is 7.99. The molecule has 0 saturated heterocycles. The number of hydrogen-bond acceptors (Lipinski definition) is 4. The van der Waals surface area contributed by atoms with Crippen LogP contribution in [0, 0.1) is 11.3 Å². The first-order chi connectivity index (χ1) is 6.79. The maximum atomic E-state index is 11.5. The van der Waals surface area contributed by atoms with Gasteiger partial charge in [0.05, 0.1) is 11.8 Å². The van der Waals surface area contributed by atoms with E-state index in [9.17, 15) is 4.79 Å². The van der Waals surface area contributed by atoms with E-state index in [1.165, 1.54) is 11.8 Å². The first kappa shape index (κ1) is 10.7. The van der Waals surface area contributed by atoms with Crippen molar-refractivity contribution in [3.63, 3.8) is 0 Å². The minimum absolute atomic E-state index is 0.0681. The first-order valence-electron chi connectivity index (χ1n) is 4.27. The normalized spacial score (nSPS) is 9.43. The van der Waals surface area contributed by atoms with E-state index >= 15 is 0 Å². The highest BCUT2D eigenvalue weighted by Gasteiger charge is 2.09. The number of hydrogen-bond donors (Lipinski definition) is 0. The third-order valence-electron chi connectivity index (χ3n) is 1.67. The lowest BCUT2D eigenvalue weighted by molar-refractivity contribution is 0.0984. The van der Waals surface area contributed by atoms with E-state index in [0.717, 1.165) is 0 Å². The Morgan fingerprint density at radius 1 is 1.71 bits per heavy atom. The van der Waals surface area contributed by atoms with Gasteiger partial charge in [0.1, 0.15) is 5.03 Å². The molecular formula is C10H10N2OS. The van der Waals surface area contributed by atoms with Gasteiger partial charge in [-0.15, -0.1) is 0 Å². The number of Topliss-reactive ketones (excluding diaryl/α,β-unsaturated/α-hetero) is 1. The highest BCUT2D eigenvalue weighted by Crippen LogP contribution is 2.20. The fourth-order valence-corrected chi connectivity index (χ4v) is 1.68. The van der Waals surface area contributed by atoms with E-state index in [1.54, 1.807) is 18.3 Å². The van der Waals surface area contributed by atoms with Gasteiger partial charge >= 0.3 is 0 Å². The molecule has 0 aliphatic rings. The molecule has 0 aliphatic carbocycles. The molecule has 0 fully saturated rings. The maximum absolute atomic E-state index is 11.5. The molecule has 0 spiro atoms. The standard InChI is InChI=1S/C10H10N2OS/c1-2-9(13)8-4-3-6-12-10(8)14-7-5-11/h3-4,6H,2,7H2,1H3. The second-order valence-corrected chi connectivity index (χ2v) is 3.54. The Hall–Kier alpha value is -1.34. The molecule has 1 aromatic heterocycles. The van der Waals surface area contributed by atoms with Crippen molar-refractivity contribution >= 4 is 17.5 Å². The molecule has 1 aromatic rings. The monoisotopic (exact) mass is 206 g/mol. The number of ketones is 1. The SMILES string of the molecule is CCC(=O)c1cccnc1SCC#N. The molecule has 3 nitrogen and oxygen atoms in total. The van der Waals surface area contributed by atoms with E-state index in [-0.39, 0.29) is 5.78 Å². The average Bonchev–Trinajstić information content (AvgIpc) is 2.25. The number of carbonyl (C=O) groups excluding carboxylic acids is 1. The number of carbonyl (C=O) groups is 1. The van der Waals surface area contributed by atoms with E-state index in [0.29, 0.717) is 22.8 Å². The number of pyridine rings is 1. The zero-order chi connectivity index (χ0) is 10.4. The molecule has 0 unspecified atom stereocenters. The molecule has 0 radical (unpaired) electrons. The molecular weight excluding hydrogens is 196 g/mol. The number of nitrogens with zero attached hydrogens (tertiary/aromatic N) is 2. The summed E-state index contributed by atoms with van der Waals surface area (Å²) < 4.78 is 0. The fraction of sp³-hybridized carbons (Fsp3) is 0.300. The Balaban J connectivity index is 2.92. The molecule has 0 bridgehead atoms. The molecule has 0 atom stereocenters. The van der Waals surface area contributed by atoms with E-state index in [4.69, 9.17) is 5.26 Å². The minimum atomic E-state index is 0.0681. The van der Waals surface area contributed by atoms with Gasteiger partial charge in [-0.2, -0.15) is 5.26 Å². The maximum Gasteiger partial charge on any atom is 0.165 e. The smallest absolute Gasteiger partial charge is 0.165 e. The zero-order valence-electron chi connectivity index (χ0n) is 7.86. The lowest BCUT2D eigenvalue weighted by Crippen LogP contribution is -2.00. The van der Waals surface area contributed by atoms with Crippen LogP contribution in [0.25, 0.3) is 0 Å². The molecule has 0 amide bonds. The highest BCUT2D eigenvalue weighted by atomic mass is 32.2. The summed E-state index contributed by atoms with van der Waals surface area (Å²) in [5.74, 6) is 0.389. The largest absolute Gasteiger partial charge is 0.294 e. The van der Waals surface area contributed by atoms with Crippen LogP contribution in [-0.2, 0) is 0 Å². The van der Waals surface area contributed by atoms with Crippen LogP contribution < -0.4 is 0 Å². The number of thioether (sulfide) groups is 1. The van der Waals surface area contributed by atoms with Gasteiger partial charge in [0.25, 0.3) is 0 Å². The summed E-state index contributed by atoms with van der Waals surface area (Å²) >= 11 is 1.30. The van der Waals surface area contributed by atoms with Crippen molar-refractivity contribution in [1.29, 1.82) is 5.26 Å². The van der Waals surface area contributed by atoms with Crippen molar-refractivity contribution in [2.24, 2.45) is 0 Å². The molecule has 14 heavy (non-hydrogen) atoms. The van der Waals surface area contributed by atoms with E-state index in [1.807, 2.05) is 13.0 Å². The molecule has 0 saturated carbocycles. The Labute approximate surface area is 87.2 Å². The van der Waals surface area contributed by atoms with Crippen molar-refractivity contribution in [2.45, 2.75) is 18.4 Å². The first-order valence-corrected chi connectivity index (χ1v) is 5.26. The van der Waals surface area contributed by atoms with Gasteiger partial charge in [-0.25, -0.2) is 4.98 Å². The Bertz CT molecular complexity index is 371. The number of rotatable bonds is 4. The van der Waals surface area contributed by atoms with Crippen LogP contribution in [0.3, 0.4) is 0 Å². The van der Waals surface area contributed by atoms with Crippen LogP contribution in [0.2, 0.25) is 0 Å². The second-order valence-electron chi connectivity index (χ2n) is 2.58. The van der Waals surface area contributed by atoms with Gasteiger partial charge in [0.2, 0.25) is 0 Å². The van der Waals surface area contributed by atoms with Gasteiger partial charge in [0, 0.05) is 18.2 Å². The third kappa shape index (κ3) is 2.57. The molecule has 0 N–H and O–H groups in total. The molecule has 0 aromatic carbocycles. The van der Waals surface area contributed by atoms with Gasteiger partial charge in [-0.3, -0.25) is 4.79 Å². The summed E-state index contributed by atoms with van der Waals surface area (Å²) in [7, 11) is 0. The molecule has 0 aliphatic heterocycles.